The van der Waals surface area contributed by atoms with Crippen LogP contribution in [0.1, 0.15) is 19.3 Å². The maximum absolute atomic E-state index is 11.2. The maximum atomic E-state index is 11.2. The Morgan fingerprint density at radius 2 is 2.06 bits per heavy atom. The van der Waals surface area contributed by atoms with E-state index in [1.54, 1.807) is 6.07 Å². The zero-order valence-corrected chi connectivity index (χ0v) is 10.7. The summed E-state index contributed by atoms with van der Waals surface area (Å²) in [7, 11) is -3.79. The van der Waals surface area contributed by atoms with E-state index in [0.717, 1.165) is 19.3 Å². The monoisotopic (exact) mass is 271 g/mol. The third-order valence-electron chi connectivity index (χ3n) is 3.34. The molecule has 2 rings (SSSR count). The highest BCUT2D eigenvalue weighted by atomic mass is 32.2. The Balaban J connectivity index is 2.24. The van der Waals surface area contributed by atoms with E-state index in [2.05, 4.69) is 5.32 Å². The van der Waals surface area contributed by atoms with Gasteiger partial charge in [0.2, 0.25) is 10.0 Å². The number of anilines is 2. The molecule has 6 N–H and O–H groups in total. The van der Waals surface area contributed by atoms with E-state index in [0.29, 0.717) is 5.69 Å². The van der Waals surface area contributed by atoms with Crippen LogP contribution in [0.5, 0.6) is 0 Å². The number of aliphatic hydroxyl groups excluding tert-OH is 1. The van der Waals surface area contributed by atoms with Gasteiger partial charge in [0, 0.05) is 5.69 Å². The van der Waals surface area contributed by atoms with Gasteiger partial charge in [0.05, 0.1) is 17.8 Å². The summed E-state index contributed by atoms with van der Waals surface area (Å²) >= 11 is 0. The fourth-order valence-electron chi connectivity index (χ4n) is 2.12. The molecule has 18 heavy (non-hydrogen) atoms. The molecule has 0 unspecified atom stereocenters. The Morgan fingerprint density at radius 1 is 1.39 bits per heavy atom. The van der Waals surface area contributed by atoms with Crippen molar-refractivity contribution in [2.24, 2.45) is 5.14 Å². The predicted octanol–water partition coefficient (Wildman–Crippen LogP) is 0.243. The number of hydrogen-bond acceptors (Lipinski definition) is 5. The molecule has 0 aliphatic heterocycles. The minimum atomic E-state index is -3.79. The molecule has 1 aromatic rings. The molecule has 6 nitrogen and oxygen atoms in total. The topological polar surface area (TPSA) is 118 Å². The fraction of sp³-hybridized carbons (Fsp3) is 0.455. The Morgan fingerprint density at radius 3 is 2.44 bits per heavy atom. The second-order valence-corrected chi connectivity index (χ2v) is 6.24. The van der Waals surface area contributed by atoms with Crippen molar-refractivity contribution in [3.63, 3.8) is 0 Å². The molecule has 1 saturated carbocycles. The van der Waals surface area contributed by atoms with Gasteiger partial charge in [0.25, 0.3) is 0 Å². The first-order chi connectivity index (χ1) is 8.36. The number of nitrogen functional groups attached to an aromatic ring is 1. The lowest BCUT2D eigenvalue weighted by atomic mass is 9.77. The van der Waals surface area contributed by atoms with Gasteiger partial charge in [-0.25, -0.2) is 13.6 Å². The van der Waals surface area contributed by atoms with Crippen LogP contribution in [0, 0.1) is 0 Å². The van der Waals surface area contributed by atoms with Crippen molar-refractivity contribution in [2.45, 2.75) is 29.7 Å². The van der Waals surface area contributed by atoms with Gasteiger partial charge in [0.1, 0.15) is 4.90 Å². The zero-order valence-electron chi connectivity index (χ0n) is 9.89. The quantitative estimate of drug-likeness (QED) is 0.585. The highest BCUT2D eigenvalue weighted by Crippen LogP contribution is 2.35. The van der Waals surface area contributed by atoms with E-state index in [4.69, 9.17) is 10.9 Å². The normalized spacial score (nSPS) is 18.1. The standard InChI is InChI=1S/C11H17N3O3S/c12-9-6-8(2-3-10(9)18(13,16)17)14-11(7-15)4-1-5-11/h2-3,6,14-15H,1,4-5,7,12H2,(H2,13,16,17). The third-order valence-corrected chi connectivity index (χ3v) is 4.32. The zero-order chi connectivity index (χ0) is 13.4. The summed E-state index contributed by atoms with van der Waals surface area (Å²) in [6.45, 7) is 0.0455. The van der Waals surface area contributed by atoms with E-state index < -0.39 is 10.0 Å². The van der Waals surface area contributed by atoms with Crippen LogP contribution in [0.4, 0.5) is 11.4 Å². The molecule has 1 aliphatic rings. The summed E-state index contributed by atoms with van der Waals surface area (Å²) in [5, 5.41) is 17.6. The van der Waals surface area contributed by atoms with Gasteiger partial charge >= 0.3 is 0 Å². The minimum absolute atomic E-state index is 0.0455. The van der Waals surface area contributed by atoms with E-state index in [1.165, 1.54) is 12.1 Å². The van der Waals surface area contributed by atoms with E-state index in [-0.39, 0.29) is 22.7 Å². The minimum Gasteiger partial charge on any atom is -0.398 e. The van der Waals surface area contributed by atoms with Crippen LogP contribution in [0.2, 0.25) is 0 Å². The van der Waals surface area contributed by atoms with E-state index >= 15 is 0 Å². The number of nitrogens with two attached hydrogens (primary N) is 2. The van der Waals surface area contributed by atoms with Crippen molar-refractivity contribution in [1.82, 2.24) is 0 Å². The van der Waals surface area contributed by atoms with Gasteiger partial charge in [0.15, 0.2) is 0 Å². The Hall–Kier alpha value is -1.31. The lowest BCUT2D eigenvalue weighted by Crippen LogP contribution is -2.48. The molecule has 0 heterocycles. The number of hydrogen-bond donors (Lipinski definition) is 4. The number of primary sulfonamides is 1. The lowest BCUT2D eigenvalue weighted by Gasteiger charge is -2.42. The van der Waals surface area contributed by atoms with E-state index in [9.17, 15) is 13.5 Å². The van der Waals surface area contributed by atoms with Crippen LogP contribution in [-0.2, 0) is 10.0 Å². The second kappa shape index (κ2) is 4.42. The molecule has 0 spiro atoms. The van der Waals surface area contributed by atoms with Gasteiger partial charge in [-0.2, -0.15) is 0 Å². The molecule has 0 aromatic heterocycles. The first-order valence-corrected chi connectivity index (χ1v) is 7.22. The van der Waals surface area contributed by atoms with Crippen LogP contribution in [-0.4, -0.2) is 25.7 Å². The summed E-state index contributed by atoms with van der Waals surface area (Å²) in [6, 6.07) is 4.50. The molecule has 1 aromatic carbocycles. The predicted molar refractivity (Wildman–Crippen MR) is 69.5 cm³/mol. The van der Waals surface area contributed by atoms with Gasteiger partial charge in [-0.1, -0.05) is 0 Å². The van der Waals surface area contributed by atoms with Crippen molar-refractivity contribution in [3.05, 3.63) is 18.2 Å². The van der Waals surface area contributed by atoms with Crippen molar-refractivity contribution < 1.29 is 13.5 Å². The first kappa shape index (κ1) is 13.1. The average Bonchev–Trinajstić information content (AvgIpc) is 2.21. The second-order valence-electron chi connectivity index (χ2n) is 4.71. The number of sulfonamides is 1. The van der Waals surface area contributed by atoms with Crippen LogP contribution in [0.3, 0.4) is 0 Å². The van der Waals surface area contributed by atoms with Crippen molar-refractivity contribution >= 4 is 21.4 Å². The smallest absolute Gasteiger partial charge is 0.240 e. The number of aliphatic hydroxyl groups is 1. The van der Waals surface area contributed by atoms with Crippen LogP contribution < -0.4 is 16.2 Å². The molecule has 0 amide bonds. The summed E-state index contributed by atoms with van der Waals surface area (Å²) in [5.74, 6) is 0. The Bertz CT molecular complexity index is 547. The molecule has 0 saturated heterocycles. The Kier molecular flexibility index (Phi) is 3.22. The summed E-state index contributed by atoms with van der Waals surface area (Å²) < 4.78 is 22.4. The number of rotatable bonds is 4. The average molecular weight is 271 g/mol. The molecule has 100 valence electrons. The first-order valence-electron chi connectivity index (χ1n) is 5.68. The van der Waals surface area contributed by atoms with Crippen LogP contribution in [0.25, 0.3) is 0 Å². The molecule has 0 atom stereocenters. The van der Waals surface area contributed by atoms with Crippen molar-refractivity contribution in [3.8, 4) is 0 Å². The van der Waals surface area contributed by atoms with Gasteiger partial charge < -0.3 is 16.2 Å². The molecule has 1 fully saturated rings. The summed E-state index contributed by atoms with van der Waals surface area (Å²) in [4.78, 5) is -0.0836. The van der Waals surface area contributed by atoms with Crippen molar-refractivity contribution in [1.29, 1.82) is 0 Å². The molecule has 0 radical (unpaired) electrons. The van der Waals surface area contributed by atoms with Gasteiger partial charge in [-0.15, -0.1) is 0 Å². The molecule has 0 bridgehead atoms. The Labute approximate surface area is 106 Å². The summed E-state index contributed by atoms with van der Waals surface area (Å²) in [5.41, 5.74) is 6.16. The van der Waals surface area contributed by atoms with Crippen LogP contribution in [0.15, 0.2) is 23.1 Å². The third kappa shape index (κ3) is 2.43. The van der Waals surface area contributed by atoms with Gasteiger partial charge in [-0.3, -0.25) is 0 Å². The molecular weight excluding hydrogens is 254 g/mol. The molecule has 7 heteroatoms. The van der Waals surface area contributed by atoms with Crippen molar-refractivity contribution in [2.75, 3.05) is 17.7 Å². The summed E-state index contributed by atoms with van der Waals surface area (Å²) in [6.07, 6.45) is 2.85. The van der Waals surface area contributed by atoms with E-state index in [1.807, 2.05) is 0 Å². The fourth-order valence-corrected chi connectivity index (χ4v) is 2.76. The lowest BCUT2D eigenvalue weighted by molar-refractivity contribution is 0.144. The molecular formula is C11H17N3O3S. The number of nitrogens with one attached hydrogen (secondary N) is 1. The SMILES string of the molecule is Nc1cc(NC2(CO)CCC2)ccc1S(N)(=O)=O. The highest BCUT2D eigenvalue weighted by molar-refractivity contribution is 7.89. The van der Waals surface area contributed by atoms with Crippen LogP contribution >= 0.6 is 0 Å². The maximum Gasteiger partial charge on any atom is 0.240 e. The highest BCUT2D eigenvalue weighted by Gasteiger charge is 2.36. The largest absolute Gasteiger partial charge is 0.398 e. The van der Waals surface area contributed by atoms with Gasteiger partial charge in [-0.05, 0) is 37.5 Å². The number of benzene rings is 1. The molecule has 1 aliphatic carbocycles.